The van der Waals surface area contributed by atoms with Crippen LogP contribution < -0.4 is 0 Å². The van der Waals surface area contributed by atoms with E-state index in [0.717, 1.165) is 16.9 Å². The van der Waals surface area contributed by atoms with Crippen molar-refractivity contribution in [2.24, 2.45) is 0 Å². The van der Waals surface area contributed by atoms with Crippen LogP contribution in [0.3, 0.4) is 0 Å². The molecular formula is C15H12N3O2S-. The summed E-state index contributed by atoms with van der Waals surface area (Å²) in [6, 6.07) is 13.5. The fourth-order valence-electron chi connectivity index (χ4n) is 2.09. The van der Waals surface area contributed by atoms with Crippen LogP contribution in [-0.4, -0.2) is 23.3 Å². The second-order valence-corrected chi connectivity index (χ2v) is 5.37. The number of aromatic nitrogens is 3. The lowest BCUT2D eigenvalue weighted by Gasteiger charge is -2.09. The normalized spacial score (nSPS) is 12.2. The molecule has 1 unspecified atom stereocenters. The summed E-state index contributed by atoms with van der Waals surface area (Å²) in [5.74, 6) is -0.0737. The van der Waals surface area contributed by atoms with Crippen LogP contribution in [0.4, 0.5) is 0 Å². The summed E-state index contributed by atoms with van der Waals surface area (Å²) in [7, 11) is 0. The van der Waals surface area contributed by atoms with Crippen molar-refractivity contribution in [3.05, 3.63) is 66.9 Å². The van der Waals surface area contributed by atoms with Crippen molar-refractivity contribution in [2.75, 3.05) is 0 Å². The molecule has 0 spiro atoms. The maximum absolute atomic E-state index is 10.7. The topological polar surface area (TPSA) is 70.8 Å². The molecule has 0 fully saturated rings. The zero-order chi connectivity index (χ0) is 14.7. The summed E-state index contributed by atoms with van der Waals surface area (Å²) >= 11 is -2.13. The minimum atomic E-state index is -2.13. The first-order valence-electron chi connectivity index (χ1n) is 6.33. The van der Waals surface area contributed by atoms with Gasteiger partial charge in [0.05, 0.1) is 41.5 Å². The lowest BCUT2D eigenvalue weighted by atomic mass is 10.1. The number of hydrogen-bond donors (Lipinski definition) is 0. The first-order valence-corrected chi connectivity index (χ1v) is 7.57. The summed E-state index contributed by atoms with van der Waals surface area (Å²) in [6.45, 7) is 0. The van der Waals surface area contributed by atoms with Gasteiger partial charge in [-0.25, -0.2) is 4.98 Å². The van der Waals surface area contributed by atoms with E-state index in [9.17, 15) is 8.76 Å². The molecule has 6 heteroatoms. The van der Waals surface area contributed by atoms with Crippen LogP contribution in [0.5, 0.6) is 0 Å². The van der Waals surface area contributed by atoms with E-state index in [-0.39, 0.29) is 5.75 Å². The predicted molar refractivity (Wildman–Crippen MR) is 79.4 cm³/mol. The molecule has 2 aromatic heterocycles. The van der Waals surface area contributed by atoms with Crippen LogP contribution in [0.15, 0.2) is 61.2 Å². The van der Waals surface area contributed by atoms with Gasteiger partial charge in [-0.2, -0.15) is 0 Å². The van der Waals surface area contributed by atoms with E-state index < -0.39 is 11.1 Å². The summed E-state index contributed by atoms with van der Waals surface area (Å²) in [5, 5.41) is 0. The first-order chi connectivity index (χ1) is 10.2. The lowest BCUT2D eigenvalue weighted by molar-refractivity contribution is 0.535. The summed E-state index contributed by atoms with van der Waals surface area (Å²) in [5.41, 5.74) is 3.37. The molecule has 0 radical (unpaired) electrons. The highest BCUT2D eigenvalue weighted by Gasteiger charge is 2.07. The molecule has 3 rings (SSSR count). The third-order valence-electron chi connectivity index (χ3n) is 3.06. The Labute approximate surface area is 124 Å². The molecule has 1 aromatic carbocycles. The molecule has 0 aliphatic heterocycles. The smallest absolute Gasteiger partial charge is 0.0997 e. The van der Waals surface area contributed by atoms with E-state index in [1.807, 2.05) is 41.0 Å². The molecule has 0 N–H and O–H groups in total. The number of benzene rings is 1. The van der Waals surface area contributed by atoms with Crippen LogP contribution in [0.1, 0.15) is 5.69 Å². The van der Waals surface area contributed by atoms with E-state index in [0.29, 0.717) is 5.69 Å². The number of rotatable bonds is 4. The standard InChI is InChI=1S/C15H13N3O2S/c19-21(20)10-13-6-7-14(8-17-13)18-11-16-9-15(18)12-4-2-1-3-5-12/h1-9,11H,10H2,(H,19,20)/p-1. The monoisotopic (exact) mass is 298 g/mol. The first kappa shape index (κ1) is 13.7. The lowest BCUT2D eigenvalue weighted by Crippen LogP contribution is -2.00. The molecule has 106 valence electrons. The molecule has 0 saturated carbocycles. The molecule has 0 amide bonds. The van der Waals surface area contributed by atoms with Crippen molar-refractivity contribution in [1.29, 1.82) is 0 Å². The molecule has 21 heavy (non-hydrogen) atoms. The second kappa shape index (κ2) is 5.99. The summed E-state index contributed by atoms with van der Waals surface area (Å²) in [6.07, 6.45) is 5.15. The van der Waals surface area contributed by atoms with Gasteiger partial charge in [-0.1, -0.05) is 30.3 Å². The number of hydrogen-bond acceptors (Lipinski definition) is 4. The highest BCUT2D eigenvalue weighted by Crippen LogP contribution is 2.22. The van der Waals surface area contributed by atoms with Crippen LogP contribution in [-0.2, 0) is 16.8 Å². The van der Waals surface area contributed by atoms with Crippen molar-refractivity contribution in [2.45, 2.75) is 5.75 Å². The van der Waals surface area contributed by atoms with Gasteiger partial charge in [0.2, 0.25) is 0 Å². The Balaban J connectivity index is 1.95. The zero-order valence-electron chi connectivity index (χ0n) is 11.0. The number of nitrogens with zero attached hydrogens (tertiary/aromatic N) is 3. The van der Waals surface area contributed by atoms with Gasteiger partial charge < -0.3 is 4.55 Å². The Morgan fingerprint density at radius 2 is 1.90 bits per heavy atom. The highest BCUT2D eigenvalue weighted by molar-refractivity contribution is 7.78. The Kier molecular flexibility index (Phi) is 3.89. The van der Waals surface area contributed by atoms with E-state index in [1.54, 1.807) is 24.8 Å². The van der Waals surface area contributed by atoms with Gasteiger partial charge in [0.15, 0.2) is 0 Å². The molecule has 1 atom stereocenters. The fraction of sp³-hybridized carbons (Fsp3) is 0.0667. The van der Waals surface area contributed by atoms with Crippen molar-refractivity contribution >= 4 is 11.1 Å². The highest BCUT2D eigenvalue weighted by atomic mass is 32.2. The Bertz CT molecular complexity index is 754. The maximum atomic E-state index is 10.7. The van der Waals surface area contributed by atoms with Crippen molar-refractivity contribution in [3.63, 3.8) is 0 Å². The zero-order valence-corrected chi connectivity index (χ0v) is 11.9. The van der Waals surface area contributed by atoms with E-state index in [4.69, 9.17) is 0 Å². The van der Waals surface area contributed by atoms with Gasteiger partial charge >= 0.3 is 0 Å². The van der Waals surface area contributed by atoms with E-state index in [1.165, 1.54) is 0 Å². The Morgan fingerprint density at radius 3 is 2.57 bits per heavy atom. The Morgan fingerprint density at radius 1 is 1.10 bits per heavy atom. The summed E-state index contributed by atoms with van der Waals surface area (Å²) < 4.78 is 23.2. The largest absolute Gasteiger partial charge is 0.772 e. The molecule has 0 saturated heterocycles. The van der Waals surface area contributed by atoms with Gasteiger partial charge in [-0.15, -0.1) is 0 Å². The van der Waals surface area contributed by atoms with Crippen molar-refractivity contribution in [1.82, 2.24) is 14.5 Å². The minimum Gasteiger partial charge on any atom is -0.772 e. The molecule has 3 aromatic rings. The van der Waals surface area contributed by atoms with Crippen LogP contribution in [0.25, 0.3) is 16.9 Å². The van der Waals surface area contributed by atoms with Crippen LogP contribution in [0.2, 0.25) is 0 Å². The van der Waals surface area contributed by atoms with Crippen molar-refractivity contribution in [3.8, 4) is 16.9 Å². The summed E-state index contributed by atoms with van der Waals surface area (Å²) in [4.78, 5) is 8.35. The number of pyridine rings is 1. The molecule has 2 heterocycles. The average molecular weight is 298 g/mol. The maximum Gasteiger partial charge on any atom is 0.0997 e. The molecule has 0 bridgehead atoms. The Hall–Kier alpha value is -2.31. The van der Waals surface area contributed by atoms with Gasteiger partial charge in [0.25, 0.3) is 0 Å². The van der Waals surface area contributed by atoms with Crippen LogP contribution >= 0.6 is 0 Å². The third-order valence-corrected chi connectivity index (χ3v) is 3.59. The van der Waals surface area contributed by atoms with Crippen molar-refractivity contribution < 1.29 is 8.76 Å². The second-order valence-electron chi connectivity index (χ2n) is 4.47. The van der Waals surface area contributed by atoms with E-state index in [2.05, 4.69) is 9.97 Å². The van der Waals surface area contributed by atoms with E-state index >= 15 is 0 Å². The van der Waals surface area contributed by atoms with Crippen LogP contribution in [0, 0.1) is 0 Å². The predicted octanol–water partition coefficient (Wildman–Crippen LogP) is 2.31. The third kappa shape index (κ3) is 3.07. The fourth-order valence-corrected chi connectivity index (χ4v) is 2.50. The SMILES string of the molecule is O=S([O-])Cc1ccc(-n2cncc2-c2ccccc2)cn1. The molecule has 5 nitrogen and oxygen atoms in total. The molecule has 0 aliphatic carbocycles. The van der Waals surface area contributed by atoms with Gasteiger partial charge in [-0.3, -0.25) is 13.8 Å². The number of imidazole rings is 1. The van der Waals surface area contributed by atoms with Gasteiger partial charge in [-0.05, 0) is 23.2 Å². The quantitative estimate of drug-likeness (QED) is 0.693. The minimum absolute atomic E-state index is 0.0737. The average Bonchev–Trinajstić information content (AvgIpc) is 2.98. The van der Waals surface area contributed by atoms with Gasteiger partial charge in [0, 0.05) is 5.56 Å². The molecular weight excluding hydrogens is 286 g/mol. The molecule has 0 aliphatic rings. The van der Waals surface area contributed by atoms with Gasteiger partial charge in [0.1, 0.15) is 0 Å².